The van der Waals surface area contributed by atoms with Crippen molar-refractivity contribution in [1.29, 1.82) is 0 Å². The van der Waals surface area contributed by atoms with Crippen LogP contribution in [0.3, 0.4) is 0 Å². The maximum absolute atomic E-state index is 5.66. The first-order valence-electron chi connectivity index (χ1n) is 6.98. The van der Waals surface area contributed by atoms with E-state index in [9.17, 15) is 0 Å². The summed E-state index contributed by atoms with van der Waals surface area (Å²) in [6.45, 7) is 5.80. The Balaban J connectivity index is 2.28. The lowest BCUT2D eigenvalue weighted by molar-refractivity contribution is 0.215. The Hall–Kier alpha value is -1.72. The maximum Gasteiger partial charge on any atom is 0.161 e. The van der Waals surface area contributed by atoms with Gasteiger partial charge >= 0.3 is 0 Å². The summed E-state index contributed by atoms with van der Waals surface area (Å²) in [5.41, 5.74) is 3.78. The van der Waals surface area contributed by atoms with Crippen molar-refractivity contribution in [3.8, 4) is 11.5 Å². The quantitative estimate of drug-likeness (QED) is 0.592. The summed E-state index contributed by atoms with van der Waals surface area (Å²) in [5, 5.41) is 0. The molecule has 1 atom stereocenters. The molecule has 1 aromatic carbocycles. The van der Waals surface area contributed by atoms with E-state index >= 15 is 0 Å². The predicted octanol–water partition coefficient (Wildman–Crippen LogP) is 2.29. The number of nitrogens with one attached hydrogen (secondary N) is 1. The average Bonchev–Trinajstić information content (AvgIpc) is 2.97. The molecule has 5 nitrogen and oxygen atoms in total. The van der Waals surface area contributed by atoms with Crippen LogP contribution in [0, 0.1) is 0 Å². The highest BCUT2D eigenvalue weighted by Crippen LogP contribution is 2.33. The molecule has 0 radical (unpaired) electrons. The zero-order valence-electron chi connectivity index (χ0n) is 12.0. The Labute approximate surface area is 119 Å². The Morgan fingerprint density at radius 2 is 2.00 bits per heavy atom. The molecule has 1 heterocycles. The van der Waals surface area contributed by atoms with E-state index in [4.69, 9.17) is 20.1 Å². The molecule has 0 amide bonds. The maximum atomic E-state index is 5.66. The van der Waals surface area contributed by atoms with Gasteiger partial charge in [-0.15, -0.1) is 0 Å². The molecule has 0 saturated heterocycles. The van der Waals surface area contributed by atoms with Crippen LogP contribution >= 0.6 is 0 Å². The van der Waals surface area contributed by atoms with Gasteiger partial charge < -0.3 is 14.2 Å². The zero-order chi connectivity index (χ0) is 14.4. The van der Waals surface area contributed by atoms with Gasteiger partial charge in [-0.3, -0.25) is 5.84 Å². The van der Waals surface area contributed by atoms with Gasteiger partial charge in [0.05, 0.1) is 19.8 Å². The van der Waals surface area contributed by atoms with E-state index in [0.29, 0.717) is 19.8 Å². The molecule has 110 valence electrons. The Morgan fingerprint density at radius 3 is 2.60 bits per heavy atom. The first-order valence-corrected chi connectivity index (χ1v) is 6.98. The predicted molar refractivity (Wildman–Crippen MR) is 77.5 cm³/mol. The van der Waals surface area contributed by atoms with E-state index in [1.54, 1.807) is 0 Å². The molecule has 3 N–H and O–H groups in total. The van der Waals surface area contributed by atoms with Crippen LogP contribution < -0.4 is 20.7 Å². The lowest BCUT2D eigenvalue weighted by atomic mass is 10.0. The molecule has 1 aromatic rings. The minimum Gasteiger partial charge on any atom is -0.496 e. The summed E-state index contributed by atoms with van der Waals surface area (Å²) >= 11 is 0. The topological polar surface area (TPSA) is 65.7 Å². The molecule has 0 spiro atoms. The summed E-state index contributed by atoms with van der Waals surface area (Å²) < 4.78 is 16.8. The molecule has 1 unspecified atom stereocenters. The van der Waals surface area contributed by atoms with Crippen molar-refractivity contribution < 1.29 is 14.2 Å². The van der Waals surface area contributed by atoms with Crippen molar-refractivity contribution in [2.24, 2.45) is 5.84 Å². The third-order valence-corrected chi connectivity index (χ3v) is 3.08. The minimum absolute atomic E-state index is 0.160. The normalized spacial score (nSPS) is 15.4. The lowest BCUT2D eigenvalue weighted by Crippen LogP contribution is -2.29. The second-order valence-electron chi connectivity index (χ2n) is 4.42. The molecule has 1 aliphatic rings. The van der Waals surface area contributed by atoms with Crippen molar-refractivity contribution in [3.05, 3.63) is 35.6 Å². The van der Waals surface area contributed by atoms with Crippen molar-refractivity contribution in [3.63, 3.8) is 0 Å². The van der Waals surface area contributed by atoms with Gasteiger partial charge in [0.25, 0.3) is 0 Å². The van der Waals surface area contributed by atoms with Crippen LogP contribution in [0.25, 0.3) is 0 Å². The van der Waals surface area contributed by atoms with E-state index in [0.717, 1.165) is 29.2 Å². The standard InChI is InChI=1S/C15H22N2O3/c1-3-18-12-8-7-11(10-14(12)19-4-2)15(17-16)13-6-5-9-20-13/h6-8,10,15,17H,3-5,9,16H2,1-2H3. The molecule has 1 aliphatic heterocycles. The van der Waals surface area contributed by atoms with Crippen molar-refractivity contribution >= 4 is 0 Å². The van der Waals surface area contributed by atoms with Crippen LogP contribution in [0.1, 0.15) is 31.9 Å². The molecular weight excluding hydrogens is 256 g/mol. The van der Waals surface area contributed by atoms with E-state index in [1.165, 1.54) is 0 Å². The number of hydrogen-bond donors (Lipinski definition) is 2. The number of benzene rings is 1. The molecule has 0 saturated carbocycles. The van der Waals surface area contributed by atoms with Gasteiger partial charge in [-0.25, -0.2) is 5.43 Å². The zero-order valence-corrected chi connectivity index (χ0v) is 12.0. The monoisotopic (exact) mass is 278 g/mol. The summed E-state index contributed by atoms with van der Waals surface area (Å²) in [5.74, 6) is 8.00. The molecule has 0 bridgehead atoms. The first kappa shape index (κ1) is 14.7. The van der Waals surface area contributed by atoms with Gasteiger partial charge in [0.2, 0.25) is 0 Å². The number of hydrogen-bond acceptors (Lipinski definition) is 5. The second-order valence-corrected chi connectivity index (χ2v) is 4.42. The van der Waals surface area contributed by atoms with Crippen LogP contribution in [0.4, 0.5) is 0 Å². The highest BCUT2D eigenvalue weighted by Gasteiger charge is 2.21. The van der Waals surface area contributed by atoms with Gasteiger partial charge in [0.1, 0.15) is 11.8 Å². The molecule has 0 aromatic heterocycles. The smallest absolute Gasteiger partial charge is 0.161 e. The van der Waals surface area contributed by atoms with Crippen molar-refractivity contribution in [2.45, 2.75) is 26.3 Å². The van der Waals surface area contributed by atoms with Gasteiger partial charge in [-0.05, 0) is 37.6 Å². The van der Waals surface area contributed by atoms with Gasteiger partial charge in [-0.2, -0.15) is 0 Å². The van der Waals surface area contributed by atoms with E-state index < -0.39 is 0 Å². The molecule has 0 fully saturated rings. The Bertz CT molecular complexity index is 474. The third-order valence-electron chi connectivity index (χ3n) is 3.08. The lowest BCUT2D eigenvalue weighted by Gasteiger charge is -2.19. The summed E-state index contributed by atoms with van der Waals surface area (Å²) in [6, 6.07) is 5.67. The van der Waals surface area contributed by atoms with Gasteiger partial charge in [-0.1, -0.05) is 6.07 Å². The minimum atomic E-state index is -0.160. The fourth-order valence-corrected chi connectivity index (χ4v) is 2.23. The number of ether oxygens (including phenoxy) is 3. The summed E-state index contributed by atoms with van der Waals surface area (Å²) in [6.07, 6.45) is 2.98. The van der Waals surface area contributed by atoms with E-state index in [2.05, 4.69) is 11.5 Å². The average molecular weight is 278 g/mol. The van der Waals surface area contributed by atoms with Crippen LogP contribution in [-0.2, 0) is 4.74 Å². The van der Waals surface area contributed by atoms with Crippen molar-refractivity contribution in [1.82, 2.24) is 5.43 Å². The Morgan fingerprint density at radius 1 is 1.25 bits per heavy atom. The van der Waals surface area contributed by atoms with Crippen LogP contribution in [0.5, 0.6) is 11.5 Å². The van der Waals surface area contributed by atoms with Crippen LogP contribution in [0.2, 0.25) is 0 Å². The number of hydrazine groups is 1. The number of nitrogens with two attached hydrogens (primary N) is 1. The Kier molecular flexibility index (Phi) is 5.26. The molecule has 20 heavy (non-hydrogen) atoms. The van der Waals surface area contributed by atoms with Crippen molar-refractivity contribution in [2.75, 3.05) is 19.8 Å². The highest BCUT2D eigenvalue weighted by molar-refractivity contribution is 5.45. The first-order chi connectivity index (χ1) is 9.80. The SMILES string of the molecule is CCOc1ccc(C(NN)C2=CCCO2)cc1OCC. The fraction of sp³-hybridized carbons (Fsp3) is 0.467. The van der Waals surface area contributed by atoms with E-state index in [-0.39, 0.29) is 6.04 Å². The molecule has 2 rings (SSSR count). The van der Waals surface area contributed by atoms with Gasteiger partial charge in [0, 0.05) is 6.42 Å². The summed E-state index contributed by atoms with van der Waals surface area (Å²) in [4.78, 5) is 0. The fourth-order valence-electron chi connectivity index (χ4n) is 2.23. The summed E-state index contributed by atoms with van der Waals surface area (Å²) in [7, 11) is 0. The highest BCUT2D eigenvalue weighted by atomic mass is 16.5. The molecule has 0 aliphatic carbocycles. The second kappa shape index (κ2) is 7.17. The largest absolute Gasteiger partial charge is 0.496 e. The number of rotatable bonds is 7. The van der Waals surface area contributed by atoms with E-state index in [1.807, 2.05) is 32.0 Å². The molecule has 5 heteroatoms. The van der Waals surface area contributed by atoms with Gasteiger partial charge in [0.15, 0.2) is 11.5 Å². The molecular formula is C15H22N2O3. The van der Waals surface area contributed by atoms with Crippen LogP contribution in [0.15, 0.2) is 30.0 Å². The van der Waals surface area contributed by atoms with Crippen LogP contribution in [-0.4, -0.2) is 19.8 Å². The third kappa shape index (κ3) is 3.23.